The van der Waals surface area contributed by atoms with Crippen molar-refractivity contribution in [2.75, 3.05) is 0 Å². The van der Waals surface area contributed by atoms with Crippen LogP contribution in [-0.2, 0) is 0 Å². The fraction of sp³-hybridized carbons (Fsp3) is 0. The van der Waals surface area contributed by atoms with Crippen molar-refractivity contribution in [3.63, 3.8) is 0 Å². The molecule has 4 nitrogen and oxygen atoms in total. The Morgan fingerprint density at radius 3 is 1.31 bits per heavy atom. The molecular formula is C56H36N4S. The summed E-state index contributed by atoms with van der Waals surface area (Å²) in [6.07, 6.45) is 11.1. The Bertz CT molecular complexity index is 3210. The Labute approximate surface area is 358 Å². The molecule has 11 aromatic rings. The molecule has 61 heavy (non-hydrogen) atoms. The maximum atomic E-state index is 5.33. The highest BCUT2D eigenvalue weighted by Crippen LogP contribution is 2.45. The molecule has 0 N–H and O–H groups in total. The summed E-state index contributed by atoms with van der Waals surface area (Å²) in [6.45, 7) is 0. The van der Waals surface area contributed by atoms with E-state index in [9.17, 15) is 0 Å². The highest BCUT2D eigenvalue weighted by Gasteiger charge is 2.17. The summed E-state index contributed by atoms with van der Waals surface area (Å²) in [5.41, 5.74) is 17.5. The standard InChI is InChI=1S/C56H36N4S/c1-2-8-40(9-3-1)49-12-4-14-51-52-15-5-13-50(56(52)61-55(49)51)48-31-45(44-11-7-27-59-36-44)30-46(32-48)47-33-53(41-20-16-37(17-21-41)39-24-28-57-29-25-39)60-54(34-47)42-22-18-38(19-23-42)43-10-6-26-58-35-43/h1-36H. The Morgan fingerprint density at radius 1 is 0.279 bits per heavy atom. The molecule has 0 bridgehead atoms. The first-order valence-corrected chi connectivity index (χ1v) is 21.1. The molecule has 0 aliphatic heterocycles. The number of pyridine rings is 4. The van der Waals surface area contributed by atoms with Gasteiger partial charge in [-0.3, -0.25) is 15.0 Å². The van der Waals surface area contributed by atoms with Crippen LogP contribution in [0, 0.1) is 0 Å². The van der Waals surface area contributed by atoms with Gasteiger partial charge in [-0.2, -0.15) is 0 Å². The summed E-state index contributed by atoms with van der Waals surface area (Å²) >= 11 is 1.88. The van der Waals surface area contributed by atoms with Crippen LogP contribution in [0.4, 0.5) is 0 Å². The van der Waals surface area contributed by atoms with Gasteiger partial charge in [0.05, 0.1) is 11.4 Å². The van der Waals surface area contributed by atoms with Gasteiger partial charge in [0.25, 0.3) is 0 Å². The van der Waals surface area contributed by atoms with Crippen molar-refractivity contribution >= 4 is 31.5 Å². The summed E-state index contributed by atoms with van der Waals surface area (Å²) < 4.78 is 2.57. The molecule has 0 amide bonds. The number of thiophene rings is 1. The van der Waals surface area contributed by atoms with Crippen LogP contribution >= 0.6 is 11.3 Å². The molecule has 0 atom stereocenters. The van der Waals surface area contributed by atoms with Gasteiger partial charge in [-0.1, -0.05) is 127 Å². The van der Waals surface area contributed by atoms with Gasteiger partial charge in [-0.15, -0.1) is 11.3 Å². The molecular weight excluding hydrogens is 761 g/mol. The maximum Gasteiger partial charge on any atom is 0.0715 e. The van der Waals surface area contributed by atoms with Crippen LogP contribution in [0.25, 0.3) is 109 Å². The van der Waals surface area contributed by atoms with Gasteiger partial charge in [-0.05, 0) is 116 Å². The third-order valence-electron chi connectivity index (χ3n) is 11.4. The molecule has 0 aliphatic carbocycles. The van der Waals surface area contributed by atoms with E-state index >= 15 is 0 Å². The van der Waals surface area contributed by atoms with E-state index in [1.807, 2.05) is 66.6 Å². The van der Waals surface area contributed by atoms with Crippen molar-refractivity contribution < 1.29 is 0 Å². The second-order valence-corrected chi connectivity index (χ2v) is 16.2. The molecule has 0 unspecified atom stereocenters. The molecule has 286 valence electrons. The van der Waals surface area contributed by atoms with E-state index in [0.717, 1.165) is 72.6 Å². The average molecular weight is 797 g/mol. The number of fused-ring (bicyclic) bond motifs is 3. The zero-order valence-corrected chi connectivity index (χ0v) is 33.8. The van der Waals surface area contributed by atoms with Crippen molar-refractivity contribution in [1.29, 1.82) is 0 Å². The molecule has 0 fully saturated rings. The van der Waals surface area contributed by atoms with Crippen molar-refractivity contribution in [3.8, 4) is 89.3 Å². The topological polar surface area (TPSA) is 51.6 Å². The quantitative estimate of drug-likeness (QED) is 0.154. The van der Waals surface area contributed by atoms with Crippen molar-refractivity contribution in [3.05, 3.63) is 219 Å². The maximum absolute atomic E-state index is 5.33. The second-order valence-electron chi connectivity index (χ2n) is 15.1. The molecule has 5 heteroatoms. The first-order chi connectivity index (χ1) is 30.2. The van der Waals surface area contributed by atoms with Gasteiger partial charge < -0.3 is 0 Å². The Hall–Kier alpha value is -7.86. The Kier molecular flexibility index (Phi) is 9.34. The van der Waals surface area contributed by atoms with Crippen LogP contribution in [0.3, 0.4) is 0 Å². The van der Waals surface area contributed by atoms with Gasteiger partial charge in [0.15, 0.2) is 0 Å². The van der Waals surface area contributed by atoms with Crippen molar-refractivity contribution in [2.24, 2.45) is 0 Å². The van der Waals surface area contributed by atoms with E-state index in [-0.39, 0.29) is 0 Å². The minimum Gasteiger partial charge on any atom is -0.265 e. The summed E-state index contributed by atoms with van der Waals surface area (Å²) in [4.78, 5) is 18.4. The minimum atomic E-state index is 0.900. The van der Waals surface area contributed by atoms with Crippen LogP contribution in [0.1, 0.15) is 0 Å². The number of hydrogen-bond donors (Lipinski definition) is 0. The molecule has 0 spiro atoms. The van der Waals surface area contributed by atoms with Crippen LogP contribution in [0.5, 0.6) is 0 Å². The Morgan fingerprint density at radius 2 is 0.738 bits per heavy atom. The fourth-order valence-corrected chi connectivity index (χ4v) is 9.65. The van der Waals surface area contributed by atoms with E-state index in [0.29, 0.717) is 0 Å². The van der Waals surface area contributed by atoms with Gasteiger partial charge in [0.1, 0.15) is 0 Å². The lowest BCUT2D eigenvalue weighted by atomic mass is 9.92. The lowest BCUT2D eigenvalue weighted by Crippen LogP contribution is -1.93. The lowest BCUT2D eigenvalue weighted by molar-refractivity contribution is 1.31. The summed E-state index contributed by atoms with van der Waals surface area (Å²) in [5, 5.41) is 2.54. The van der Waals surface area contributed by atoms with Gasteiger partial charge in [0, 0.05) is 74.0 Å². The largest absolute Gasteiger partial charge is 0.265 e. The average Bonchev–Trinajstić information content (AvgIpc) is 3.74. The zero-order valence-electron chi connectivity index (χ0n) is 33.0. The van der Waals surface area contributed by atoms with Crippen LogP contribution in [0.15, 0.2) is 219 Å². The van der Waals surface area contributed by atoms with E-state index < -0.39 is 0 Å². The monoisotopic (exact) mass is 796 g/mol. The first kappa shape index (κ1) is 36.2. The Balaban J connectivity index is 1.09. The summed E-state index contributed by atoms with van der Waals surface area (Å²) in [5.74, 6) is 0. The smallest absolute Gasteiger partial charge is 0.0715 e. The summed E-state index contributed by atoms with van der Waals surface area (Å²) in [6, 6.07) is 65.1. The van der Waals surface area contributed by atoms with Crippen LogP contribution in [0.2, 0.25) is 0 Å². The predicted molar refractivity (Wildman–Crippen MR) is 254 cm³/mol. The zero-order chi connectivity index (χ0) is 40.5. The number of rotatable bonds is 8. The van der Waals surface area contributed by atoms with Crippen molar-refractivity contribution in [2.45, 2.75) is 0 Å². The number of nitrogens with zero attached hydrogens (tertiary/aromatic N) is 4. The third kappa shape index (κ3) is 7.07. The van der Waals surface area contributed by atoms with Crippen LogP contribution in [-0.4, -0.2) is 19.9 Å². The van der Waals surface area contributed by atoms with Crippen molar-refractivity contribution in [1.82, 2.24) is 19.9 Å². The van der Waals surface area contributed by atoms with Crippen LogP contribution < -0.4 is 0 Å². The normalized spacial score (nSPS) is 11.3. The highest BCUT2D eigenvalue weighted by atomic mass is 32.1. The van der Waals surface area contributed by atoms with E-state index in [1.165, 1.54) is 36.9 Å². The number of hydrogen-bond acceptors (Lipinski definition) is 5. The van der Waals surface area contributed by atoms with E-state index in [2.05, 4.69) is 173 Å². The van der Waals surface area contributed by atoms with Gasteiger partial charge >= 0.3 is 0 Å². The molecule has 5 heterocycles. The molecule has 5 aromatic heterocycles. The SMILES string of the molecule is c1ccc(-c2cccc3c2sc2c(-c4cc(-c5cccnc5)cc(-c5cc(-c6ccc(-c7ccncc7)cc6)nc(-c6ccc(-c7cccnc7)cc6)c5)c4)cccc23)cc1. The molecule has 6 aromatic carbocycles. The van der Waals surface area contributed by atoms with Gasteiger partial charge in [0.2, 0.25) is 0 Å². The molecule has 0 saturated heterocycles. The number of aromatic nitrogens is 4. The second kappa shape index (κ2) is 15.7. The summed E-state index contributed by atoms with van der Waals surface area (Å²) in [7, 11) is 0. The predicted octanol–water partition coefficient (Wildman–Crippen LogP) is 15.0. The number of benzene rings is 6. The van der Waals surface area contributed by atoms with E-state index in [4.69, 9.17) is 4.98 Å². The lowest BCUT2D eigenvalue weighted by Gasteiger charge is -2.15. The van der Waals surface area contributed by atoms with Gasteiger partial charge in [-0.25, -0.2) is 4.98 Å². The molecule has 11 rings (SSSR count). The molecule has 0 radical (unpaired) electrons. The first-order valence-electron chi connectivity index (χ1n) is 20.3. The third-order valence-corrected chi connectivity index (χ3v) is 12.7. The minimum absolute atomic E-state index is 0.900. The highest BCUT2D eigenvalue weighted by molar-refractivity contribution is 7.26. The fourth-order valence-electron chi connectivity index (χ4n) is 8.28. The van der Waals surface area contributed by atoms with E-state index in [1.54, 1.807) is 6.20 Å². The molecule has 0 aliphatic rings. The molecule has 0 saturated carbocycles.